The van der Waals surface area contributed by atoms with Crippen molar-refractivity contribution in [1.29, 1.82) is 0 Å². The van der Waals surface area contributed by atoms with Gasteiger partial charge in [0.15, 0.2) is 0 Å². The van der Waals surface area contributed by atoms with Gasteiger partial charge in [0.25, 0.3) is 0 Å². The summed E-state index contributed by atoms with van der Waals surface area (Å²) >= 11 is 0. The van der Waals surface area contributed by atoms with Crippen molar-refractivity contribution in [2.75, 3.05) is 0 Å². The van der Waals surface area contributed by atoms with Crippen LogP contribution in [0.3, 0.4) is 0 Å². The summed E-state index contributed by atoms with van der Waals surface area (Å²) in [5, 5.41) is 4.48. The monoisotopic (exact) mass is 318 g/mol. The lowest BCUT2D eigenvalue weighted by molar-refractivity contribution is -0.126. The summed E-state index contributed by atoms with van der Waals surface area (Å²) in [4.78, 5) is 12.4. The van der Waals surface area contributed by atoms with E-state index in [0.717, 1.165) is 36.3 Å². The van der Waals surface area contributed by atoms with Crippen LogP contribution in [0.2, 0.25) is 0 Å². The van der Waals surface area contributed by atoms with Crippen LogP contribution in [-0.4, -0.2) is 11.6 Å². The highest BCUT2D eigenvalue weighted by molar-refractivity contribution is 5.87. The predicted molar refractivity (Wildman–Crippen MR) is 95.1 cm³/mol. The van der Waals surface area contributed by atoms with Crippen molar-refractivity contribution in [2.24, 2.45) is 40.1 Å². The number of hydrogen-bond acceptors (Lipinski definition) is 2. The van der Waals surface area contributed by atoms with Gasteiger partial charge in [0.05, 0.1) is 0 Å². The fourth-order valence-electron chi connectivity index (χ4n) is 5.30. The molecule has 3 nitrogen and oxygen atoms in total. The number of nitrogens with one attached hydrogen (secondary N) is 1. The zero-order chi connectivity index (χ0) is 16.6. The smallest absolute Gasteiger partial charge is 0.243 e. The Morgan fingerprint density at radius 2 is 1.70 bits per heavy atom. The molecule has 0 saturated heterocycles. The molecule has 0 aromatic carbocycles. The van der Waals surface area contributed by atoms with Crippen LogP contribution in [0, 0.1) is 35.0 Å². The van der Waals surface area contributed by atoms with Crippen LogP contribution in [0.4, 0.5) is 0 Å². The van der Waals surface area contributed by atoms with Crippen molar-refractivity contribution in [3.8, 4) is 0 Å². The van der Waals surface area contributed by atoms with Crippen LogP contribution in [-0.2, 0) is 4.79 Å². The van der Waals surface area contributed by atoms with Gasteiger partial charge >= 0.3 is 0 Å². The van der Waals surface area contributed by atoms with Gasteiger partial charge in [-0.1, -0.05) is 27.2 Å². The fourth-order valence-corrected chi connectivity index (χ4v) is 5.30. The first-order valence-electron chi connectivity index (χ1n) is 9.68. The van der Waals surface area contributed by atoms with Gasteiger partial charge in [0, 0.05) is 17.5 Å². The molecular weight excluding hydrogens is 284 g/mol. The lowest BCUT2D eigenvalue weighted by Gasteiger charge is -2.36. The molecule has 0 spiro atoms. The first-order chi connectivity index (χ1) is 10.8. The summed E-state index contributed by atoms with van der Waals surface area (Å²) in [6.45, 7) is 9.07. The molecule has 0 aromatic heterocycles. The third-order valence-electron chi connectivity index (χ3n) is 6.94. The van der Waals surface area contributed by atoms with Crippen molar-refractivity contribution in [3.05, 3.63) is 0 Å². The predicted octanol–water partition coefficient (Wildman–Crippen LogP) is 4.77. The quantitative estimate of drug-likeness (QED) is 0.591. The normalized spacial score (nSPS) is 37.9. The van der Waals surface area contributed by atoms with Crippen molar-refractivity contribution in [2.45, 2.75) is 79.1 Å². The summed E-state index contributed by atoms with van der Waals surface area (Å²) < 4.78 is 0. The van der Waals surface area contributed by atoms with E-state index in [-0.39, 0.29) is 11.8 Å². The number of carbonyl (C=O) groups is 1. The first-order valence-corrected chi connectivity index (χ1v) is 9.68. The maximum atomic E-state index is 12.4. The van der Waals surface area contributed by atoms with Gasteiger partial charge in [0.1, 0.15) is 0 Å². The van der Waals surface area contributed by atoms with E-state index in [1.165, 1.54) is 38.5 Å². The van der Waals surface area contributed by atoms with Crippen LogP contribution >= 0.6 is 0 Å². The number of hydrazone groups is 1. The van der Waals surface area contributed by atoms with E-state index in [2.05, 4.69) is 38.2 Å². The SMILES string of the molecule is C/C(=N\NC(=O)C1CCC(C(C)(C)C)CC1)[C@H]1C[C@@H]2CC[C@H]1C2. The highest BCUT2D eigenvalue weighted by Crippen LogP contribution is 2.48. The molecule has 130 valence electrons. The van der Waals surface area contributed by atoms with Crippen LogP contribution < -0.4 is 5.43 Å². The first kappa shape index (κ1) is 17.0. The number of rotatable bonds is 3. The molecule has 3 heteroatoms. The molecule has 1 N–H and O–H groups in total. The molecule has 3 atom stereocenters. The molecular formula is C20H34N2O. The lowest BCUT2D eigenvalue weighted by atomic mass is 9.70. The van der Waals surface area contributed by atoms with Gasteiger partial charge < -0.3 is 0 Å². The van der Waals surface area contributed by atoms with Gasteiger partial charge in [-0.15, -0.1) is 0 Å². The van der Waals surface area contributed by atoms with Crippen LogP contribution in [0.15, 0.2) is 5.10 Å². The molecule has 3 fully saturated rings. The van der Waals surface area contributed by atoms with Crippen molar-refractivity contribution in [1.82, 2.24) is 5.43 Å². The second-order valence-electron chi connectivity index (χ2n) is 9.43. The molecule has 3 aliphatic carbocycles. The summed E-state index contributed by atoms with van der Waals surface area (Å²) in [6, 6.07) is 0. The minimum atomic E-state index is 0.153. The summed E-state index contributed by atoms with van der Waals surface area (Å²) in [5.41, 5.74) is 4.43. The summed E-state index contributed by atoms with van der Waals surface area (Å²) in [7, 11) is 0. The molecule has 3 saturated carbocycles. The summed E-state index contributed by atoms with van der Waals surface area (Å²) in [5.74, 6) is 3.47. The fraction of sp³-hybridized carbons (Fsp3) is 0.900. The maximum Gasteiger partial charge on any atom is 0.243 e. The number of hydrogen-bond donors (Lipinski definition) is 1. The number of fused-ring (bicyclic) bond motifs is 2. The molecule has 0 radical (unpaired) electrons. The molecule has 0 aliphatic heterocycles. The average Bonchev–Trinajstić information content (AvgIpc) is 3.14. The second kappa shape index (κ2) is 6.57. The molecule has 23 heavy (non-hydrogen) atoms. The van der Waals surface area contributed by atoms with E-state index in [1.807, 2.05) is 0 Å². The number of carbonyl (C=O) groups excluding carboxylic acids is 1. The highest BCUT2D eigenvalue weighted by Gasteiger charge is 2.40. The van der Waals surface area contributed by atoms with Gasteiger partial charge in [-0.3, -0.25) is 4.79 Å². The topological polar surface area (TPSA) is 41.5 Å². The molecule has 3 rings (SSSR count). The van der Waals surface area contributed by atoms with E-state index in [4.69, 9.17) is 0 Å². The molecule has 0 unspecified atom stereocenters. The Morgan fingerprint density at radius 3 is 2.22 bits per heavy atom. The van der Waals surface area contributed by atoms with Gasteiger partial charge in [0.2, 0.25) is 5.91 Å². The third kappa shape index (κ3) is 3.80. The van der Waals surface area contributed by atoms with Gasteiger partial charge in [-0.05, 0) is 75.0 Å². The van der Waals surface area contributed by atoms with Crippen LogP contribution in [0.25, 0.3) is 0 Å². The lowest BCUT2D eigenvalue weighted by Crippen LogP contribution is -2.34. The van der Waals surface area contributed by atoms with E-state index < -0.39 is 0 Å². The number of nitrogens with zero attached hydrogens (tertiary/aromatic N) is 1. The minimum Gasteiger partial charge on any atom is -0.273 e. The molecule has 2 bridgehead atoms. The van der Waals surface area contributed by atoms with Gasteiger partial charge in [-0.2, -0.15) is 5.10 Å². The minimum absolute atomic E-state index is 0.153. The zero-order valence-electron chi connectivity index (χ0n) is 15.4. The maximum absolute atomic E-state index is 12.4. The Balaban J connectivity index is 1.47. The van der Waals surface area contributed by atoms with Gasteiger partial charge in [-0.25, -0.2) is 5.43 Å². The Hall–Kier alpha value is -0.860. The summed E-state index contributed by atoms with van der Waals surface area (Å²) in [6.07, 6.45) is 9.87. The van der Waals surface area contributed by atoms with Crippen LogP contribution in [0.1, 0.15) is 79.1 Å². The molecule has 3 aliphatic rings. The second-order valence-corrected chi connectivity index (χ2v) is 9.43. The molecule has 0 aromatic rings. The zero-order valence-corrected chi connectivity index (χ0v) is 15.4. The Morgan fingerprint density at radius 1 is 1.00 bits per heavy atom. The molecule has 1 amide bonds. The Bertz CT molecular complexity index is 469. The van der Waals surface area contributed by atoms with E-state index in [0.29, 0.717) is 11.3 Å². The molecule has 0 heterocycles. The number of amides is 1. The third-order valence-corrected chi connectivity index (χ3v) is 6.94. The average molecular weight is 319 g/mol. The van der Waals surface area contributed by atoms with Crippen LogP contribution in [0.5, 0.6) is 0 Å². The van der Waals surface area contributed by atoms with Crippen molar-refractivity contribution < 1.29 is 4.79 Å². The largest absolute Gasteiger partial charge is 0.273 e. The van der Waals surface area contributed by atoms with E-state index >= 15 is 0 Å². The standard InChI is InChI=1S/C20H34N2O/c1-13(18-12-14-5-6-16(18)11-14)21-22-19(23)15-7-9-17(10-8-15)20(2,3)4/h14-18H,5-12H2,1-4H3,(H,22,23)/b21-13+/t14-,15?,16+,17?,18-/m1/s1. The van der Waals surface area contributed by atoms with Crippen molar-refractivity contribution >= 4 is 11.6 Å². The van der Waals surface area contributed by atoms with E-state index in [9.17, 15) is 4.79 Å². The Kier molecular flexibility index (Phi) is 4.85. The van der Waals surface area contributed by atoms with Crippen molar-refractivity contribution in [3.63, 3.8) is 0 Å². The van der Waals surface area contributed by atoms with E-state index in [1.54, 1.807) is 0 Å². The highest BCUT2D eigenvalue weighted by atomic mass is 16.2. The Labute approximate surface area is 141 Å².